The van der Waals surface area contributed by atoms with Crippen molar-refractivity contribution in [3.63, 3.8) is 0 Å². The van der Waals surface area contributed by atoms with Gasteiger partial charge in [-0.3, -0.25) is 14.2 Å². The summed E-state index contributed by atoms with van der Waals surface area (Å²) < 4.78 is 12.8. The number of carbonyl (C=O) groups is 2. The first-order valence-electron chi connectivity index (χ1n) is 13.2. The minimum Gasteiger partial charge on any atom is -0.497 e. The molecule has 40 heavy (non-hydrogen) atoms. The fourth-order valence-corrected chi connectivity index (χ4v) is 5.97. The predicted molar refractivity (Wildman–Crippen MR) is 154 cm³/mol. The number of amides is 1. The third-order valence-electron chi connectivity index (χ3n) is 6.80. The number of anilines is 1. The number of methoxy groups -OCH3 is 1. The largest absolute Gasteiger partial charge is 0.497 e. The summed E-state index contributed by atoms with van der Waals surface area (Å²) in [4.78, 5) is 45.9. The lowest BCUT2D eigenvalue weighted by atomic mass is 9.94. The van der Waals surface area contributed by atoms with Crippen LogP contribution in [-0.2, 0) is 14.3 Å². The van der Waals surface area contributed by atoms with Crippen LogP contribution in [0.2, 0.25) is 0 Å². The first-order valence-corrected chi connectivity index (χ1v) is 14.0. The summed E-state index contributed by atoms with van der Waals surface area (Å²) in [7, 11) is 1.57. The number of nitrogens with zero attached hydrogens (tertiary/aromatic N) is 4. The average Bonchev–Trinajstić information content (AvgIpc) is 3.43. The number of para-hydroxylation sites is 1. The Hall–Kier alpha value is -4.31. The van der Waals surface area contributed by atoms with Crippen LogP contribution in [0.15, 0.2) is 80.8 Å². The first kappa shape index (κ1) is 27.3. The number of aromatic nitrogens is 1. The number of fused-ring (bicyclic) bond motifs is 1. The van der Waals surface area contributed by atoms with Gasteiger partial charge in [-0.2, -0.15) is 10.1 Å². The quantitative estimate of drug-likeness (QED) is 0.394. The van der Waals surface area contributed by atoms with Crippen molar-refractivity contribution in [1.29, 1.82) is 0 Å². The second kappa shape index (κ2) is 11.4. The zero-order valence-corrected chi connectivity index (χ0v) is 23.6. The van der Waals surface area contributed by atoms with Crippen molar-refractivity contribution in [2.75, 3.05) is 18.7 Å². The van der Waals surface area contributed by atoms with Crippen molar-refractivity contribution < 1.29 is 19.1 Å². The Balaban J connectivity index is 1.67. The van der Waals surface area contributed by atoms with Crippen LogP contribution in [0.1, 0.15) is 45.2 Å². The van der Waals surface area contributed by atoms with E-state index in [1.54, 1.807) is 33.1 Å². The van der Waals surface area contributed by atoms with E-state index in [2.05, 4.69) is 5.10 Å². The van der Waals surface area contributed by atoms with Gasteiger partial charge in [0.25, 0.3) is 11.5 Å². The molecular formula is C30H30N4O5S. The second-order valence-corrected chi connectivity index (χ2v) is 10.4. The summed E-state index contributed by atoms with van der Waals surface area (Å²) in [6, 6.07) is 15.7. The van der Waals surface area contributed by atoms with E-state index >= 15 is 0 Å². The standard InChI is InChI=1S/C30H30N4O5S/c1-5-11-23-25(29(37)39-6-2)26(19-12-10-15-21(16-19)38-4)33-28(36)24(40-30(33)31-23)17-22-18(3)32-34(27(22)35)20-13-8-7-9-14-20/h7-10,12-17,22,26H,5-6,11H2,1-4H3/b24-17+/t22-,26-/m0/s1. The molecule has 3 aromatic rings. The summed E-state index contributed by atoms with van der Waals surface area (Å²) >= 11 is 1.20. The molecule has 0 fully saturated rings. The van der Waals surface area contributed by atoms with Crippen LogP contribution < -0.4 is 24.6 Å². The van der Waals surface area contributed by atoms with Gasteiger partial charge in [-0.1, -0.05) is 55.0 Å². The molecule has 0 aliphatic carbocycles. The van der Waals surface area contributed by atoms with Gasteiger partial charge in [0.05, 0.1) is 47.0 Å². The van der Waals surface area contributed by atoms with Gasteiger partial charge in [0.2, 0.25) is 0 Å². The van der Waals surface area contributed by atoms with Crippen molar-refractivity contribution in [3.8, 4) is 5.75 Å². The molecule has 2 aromatic carbocycles. The highest BCUT2D eigenvalue weighted by molar-refractivity contribution is 7.07. The number of esters is 1. The number of benzene rings is 2. The van der Waals surface area contributed by atoms with Gasteiger partial charge in [-0.25, -0.2) is 9.79 Å². The average molecular weight is 559 g/mol. The summed E-state index contributed by atoms with van der Waals surface area (Å²) in [6.07, 6.45) is 2.95. The lowest BCUT2D eigenvalue weighted by Gasteiger charge is -2.26. The number of ether oxygens (including phenoxy) is 2. The van der Waals surface area contributed by atoms with Gasteiger partial charge in [-0.15, -0.1) is 0 Å². The number of hydrazone groups is 1. The number of thiazole rings is 1. The van der Waals surface area contributed by atoms with E-state index in [-0.39, 0.29) is 18.1 Å². The molecule has 0 spiro atoms. The number of rotatable bonds is 8. The Morgan fingerprint density at radius 1 is 1.10 bits per heavy atom. The van der Waals surface area contributed by atoms with Crippen molar-refractivity contribution in [1.82, 2.24) is 4.57 Å². The molecule has 9 nitrogen and oxygen atoms in total. The molecule has 0 unspecified atom stereocenters. The van der Waals surface area contributed by atoms with E-state index in [0.29, 0.717) is 49.7 Å². The number of allylic oxidation sites excluding steroid dienone is 1. The first-order chi connectivity index (χ1) is 19.4. The molecule has 0 radical (unpaired) electrons. The Labute approximate surface area is 235 Å². The Bertz CT molecular complexity index is 1700. The van der Waals surface area contributed by atoms with E-state index in [1.165, 1.54) is 20.9 Å². The zero-order chi connectivity index (χ0) is 28.4. The lowest BCUT2D eigenvalue weighted by molar-refractivity contribution is -0.139. The Morgan fingerprint density at radius 2 is 1.88 bits per heavy atom. The maximum atomic E-state index is 14.0. The molecule has 5 rings (SSSR count). The van der Waals surface area contributed by atoms with E-state index in [4.69, 9.17) is 14.5 Å². The highest BCUT2D eigenvalue weighted by atomic mass is 32.1. The molecule has 0 N–H and O–H groups in total. The molecule has 206 valence electrons. The highest BCUT2D eigenvalue weighted by Gasteiger charge is 2.36. The third kappa shape index (κ3) is 4.90. The molecule has 0 bridgehead atoms. The van der Waals surface area contributed by atoms with Crippen molar-refractivity contribution in [3.05, 3.63) is 91.1 Å². The SMILES string of the molecule is CCCC1=C(C(=O)OCC)[C@H](c2cccc(OC)c2)n2c(s/c(=C/[C@@H]3C(=O)N(c4ccccc4)N=C3C)c2=O)=N1. The lowest BCUT2D eigenvalue weighted by Crippen LogP contribution is -2.40. The van der Waals surface area contributed by atoms with E-state index in [0.717, 1.165) is 6.42 Å². The fraction of sp³-hybridized carbons (Fsp3) is 0.300. The van der Waals surface area contributed by atoms with Crippen LogP contribution in [0.25, 0.3) is 6.08 Å². The third-order valence-corrected chi connectivity index (χ3v) is 7.80. The normalized spacial score (nSPS) is 18.9. The van der Waals surface area contributed by atoms with Crippen molar-refractivity contribution in [2.45, 2.75) is 39.7 Å². The summed E-state index contributed by atoms with van der Waals surface area (Å²) in [5.41, 5.74) is 2.53. The maximum Gasteiger partial charge on any atom is 0.338 e. The molecule has 1 aromatic heterocycles. The molecule has 0 saturated carbocycles. The second-order valence-electron chi connectivity index (χ2n) is 9.42. The van der Waals surface area contributed by atoms with Crippen LogP contribution in [0.4, 0.5) is 5.69 Å². The van der Waals surface area contributed by atoms with E-state index < -0.39 is 17.9 Å². The minimum absolute atomic E-state index is 0.192. The molecule has 1 amide bonds. The van der Waals surface area contributed by atoms with Crippen LogP contribution in [-0.4, -0.2) is 35.9 Å². The van der Waals surface area contributed by atoms with E-state index in [1.807, 2.05) is 55.5 Å². The van der Waals surface area contributed by atoms with Gasteiger partial charge in [0.15, 0.2) is 4.80 Å². The Kier molecular flexibility index (Phi) is 7.79. The smallest absolute Gasteiger partial charge is 0.338 e. The predicted octanol–water partition coefficient (Wildman–Crippen LogP) is 3.58. The van der Waals surface area contributed by atoms with Gasteiger partial charge >= 0.3 is 5.97 Å². The summed E-state index contributed by atoms with van der Waals surface area (Å²) in [5, 5.41) is 5.83. The van der Waals surface area contributed by atoms with Gasteiger partial charge < -0.3 is 9.47 Å². The minimum atomic E-state index is -0.760. The monoisotopic (exact) mass is 558 g/mol. The van der Waals surface area contributed by atoms with E-state index in [9.17, 15) is 14.4 Å². The van der Waals surface area contributed by atoms with Crippen LogP contribution in [0.5, 0.6) is 5.75 Å². The fourth-order valence-electron chi connectivity index (χ4n) is 4.94. The molecule has 2 aliphatic rings. The topological polar surface area (TPSA) is 103 Å². The van der Waals surface area contributed by atoms with Gasteiger partial charge in [-0.05, 0) is 56.2 Å². The zero-order valence-electron chi connectivity index (χ0n) is 22.8. The molecule has 2 aliphatic heterocycles. The molecular weight excluding hydrogens is 528 g/mol. The van der Waals surface area contributed by atoms with Crippen LogP contribution >= 0.6 is 11.3 Å². The van der Waals surface area contributed by atoms with Crippen molar-refractivity contribution >= 4 is 40.7 Å². The van der Waals surface area contributed by atoms with Gasteiger partial charge in [0.1, 0.15) is 11.7 Å². The van der Waals surface area contributed by atoms with Crippen LogP contribution in [0.3, 0.4) is 0 Å². The Morgan fingerprint density at radius 3 is 2.58 bits per heavy atom. The van der Waals surface area contributed by atoms with Crippen molar-refractivity contribution in [2.24, 2.45) is 16.0 Å². The number of hydrogen-bond acceptors (Lipinski definition) is 8. The molecule has 10 heteroatoms. The van der Waals surface area contributed by atoms with Crippen LogP contribution in [0, 0.1) is 5.92 Å². The molecule has 2 atom stereocenters. The maximum absolute atomic E-state index is 14.0. The summed E-state index contributed by atoms with van der Waals surface area (Å²) in [6.45, 7) is 5.72. The molecule has 3 heterocycles. The summed E-state index contributed by atoms with van der Waals surface area (Å²) in [5.74, 6) is -0.847. The number of hydrogen-bond donors (Lipinski definition) is 0. The van der Waals surface area contributed by atoms with Gasteiger partial charge in [0, 0.05) is 0 Å². The highest BCUT2D eigenvalue weighted by Crippen LogP contribution is 2.34. The molecule has 0 saturated heterocycles. The number of carbonyl (C=O) groups excluding carboxylic acids is 2.